The first-order valence-electron chi connectivity index (χ1n) is 9.07. The molecule has 2 atom stereocenters. The van der Waals surface area contributed by atoms with Crippen molar-refractivity contribution in [1.82, 2.24) is 10.6 Å². The molecule has 0 fully saturated rings. The predicted octanol–water partition coefficient (Wildman–Crippen LogP) is 2.04. The van der Waals surface area contributed by atoms with Gasteiger partial charge in [-0.3, -0.25) is 9.59 Å². The van der Waals surface area contributed by atoms with Crippen LogP contribution in [0.4, 0.5) is 0 Å². The van der Waals surface area contributed by atoms with E-state index in [1.165, 1.54) is 0 Å². The second kappa shape index (κ2) is 8.98. The summed E-state index contributed by atoms with van der Waals surface area (Å²) in [5.74, 6) is -0.547. The van der Waals surface area contributed by atoms with Gasteiger partial charge in [0.2, 0.25) is 12.0 Å². The van der Waals surface area contributed by atoms with E-state index in [-0.39, 0.29) is 11.8 Å². The number of carbonyl (C=O) groups excluding carboxylic acids is 2. The molecule has 3 rings (SSSR count). The molecular formula is C21H23N3O3. The molecule has 2 amide bonds. The maximum absolute atomic E-state index is 12.6. The van der Waals surface area contributed by atoms with Crippen LogP contribution in [0.1, 0.15) is 24.5 Å². The number of hydrogen-bond donors (Lipinski definition) is 2. The molecule has 2 aromatic carbocycles. The van der Waals surface area contributed by atoms with Crippen molar-refractivity contribution in [3.05, 3.63) is 71.8 Å². The van der Waals surface area contributed by atoms with Gasteiger partial charge in [-0.05, 0) is 18.1 Å². The number of rotatable bonds is 7. The van der Waals surface area contributed by atoms with E-state index < -0.39 is 12.1 Å². The highest BCUT2D eigenvalue weighted by Gasteiger charge is 2.31. The normalized spacial score (nSPS) is 16.8. The average Bonchev–Trinajstić information content (AvgIpc) is 3.19. The molecule has 2 N–H and O–H groups in total. The lowest BCUT2D eigenvalue weighted by Crippen LogP contribution is -2.50. The number of nitrogens with zero attached hydrogens (tertiary/aromatic N) is 1. The van der Waals surface area contributed by atoms with Crippen molar-refractivity contribution in [2.45, 2.75) is 31.9 Å². The van der Waals surface area contributed by atoms with Crippen LogP contribution in [0.2, 0.25) is 0 Å². The highest BCUT2D eigenvalue weighted by molar-refractivity contribution is 6.04. The fraction of sp³-hybridized carbons (Fsp3) is 0.286. The molecule has 0 saturated heterocycles. The minimum absolute atomic E-state index is 0.211. The van der Waals surface area contributed by atoms with Gasteiger partial charge in [-0.2, -0.15) is 0 Å². The summed E-state index contributed by atoms with van der Waals surface area (Å²) in [5, 5.41) is 9.62. The first kappa shape index (κ1) is 18.6. The van der Waals surface area contributed by atoms with Crippen LogP contribution in [0.3, 0.4) is 0 Å². The number of oxime groups is 1. The SMILES string of the molecule is CCNC(=O)[C@@H](Cc1ccccc1)NC(=O)[C@H]1CC(c2ccccc2)=NO1. The van der Waals surface area contributed by atoms with Crippen molar-refractivity contribution in [3.8, 4) is 0 Å². The molecule has 6 nitrogen and oxygen atoms in total. The standard InChI is InChI=1S/C21H23N3O3/c1-2-22-20(25)18(13-15-9-5-3-6-10-15)23-21(26)19-14-17(24-27-19)16-11-7-4-8-12-16/h3-12,18-19H,2,13-14H2,1H3,(H,22,25)(H,23,26)/t18-,19-/m1/s1. The summed E-state index contributed by atoms with van der Waals surface area (Å²) >= 11 is 0. The summed E-state index contributed by atoms with van der Waals surface area (Å²) in [6, 6.07) is 18.5. The molecule has 6 heteroatoms. The van der Waals surface area contributed by atoms with Crippen LogP contribution in [-0.4, -0.2) is 36.2 Å². The Balaban J connectivity index is 1.63. The lowest BCUT2D eigenvalue weighted by Gasteiger charge is -2.19. The van der Waals surface area contributed by atoms with E-state index in [0.717, 1.165) is 16.8 Å². The molecule has 1 aliphatic rings. The van der Waals surface area contributed by atoms with E-state index in [1.807, 2.05) is 67.6 Å². The minimum Gasteiger partial charge on any atom is -0.382 e. The fourth-order valence-corrected chi connectivity index (χ4v) is 2.94. The van der Waals surface area contributed by atoms with Crippen LogP contribution >= 0.6 is 0 Å². The van der Waals surface area contributed by atoms with Gasteiger partial charge in [-0.25, -0.2) is 0 Å². The number of hydrogen-bond acceptors (Lipinski definition) is 4. The zero-order valence-electron chi connectivity index (χ0n) is 15.2. The third-order valence-electron chi connectivity index (χ3n) is 4.33. The van der Waals surface area contributed by atoms with Gasteiger partial charge in [-0.15, -0.1) is 0 Å². The second-order valence-electron chi connectivity index (χ2n) is 6.35. The number of benzene rings is 2. The van der Waals surface area contributed by atoms with Crippen molar-refractivity contribution in [2.24, 2.45) is 5.16 Å². The molecule has 1 aliphatic heterocycles. The monoisotopic (exact) mass is 365 g/mol. The molecule has 0 radical (unpaired) electrons. The average molecular weight is 365 g/mol. The van der Waals surface area contributed by atoms with E-state index in [4.69, 9.17) is 4.84 Å². The number of amides is 2. The third-order valence-corrected chi connectivity index (χ3v) is 4.33. The van der Waals surface area contributed by atoms with Gasteiger partial charge in [0.25, 0.3) is 5.91 Å². The van der Waals surface area contributed by atoms with Gasteiger partial charge in [0.15, 0.2) is 0 Å². The zero-order valence-corrected chi connectivity index (χ0v) is 15.2. The summed E-state index contributed by atoms with van der Waals surface area (Å²) in [7, 11) is 0. The smallest absolute Gasteiger partial charge is 0.265 e. The van der Waals surface area contributed by atoms with Crippen LogP contribution in [-0.2, 0) is 20.8 Å². The van der Waals surface area contributed by atoms with Gasteiger partial charge < -0.3 is 15.5 Å². The van der Waals surface area contributed by atoms with Crippen LogP contribution in [0.5, 0.6) is 0 Å². The van der Waals surface area contributed by atoms with E-state index >= 15 is 0 Å². The van der Waals surface area contributed by atoms with Crippen molar-refractivity contribution < 1.29 is 14.4 Å². The Morgan fingerprint density at radius 1 is 1.11 bits per heavy atom. The Hall–Kier alpha value is -3.15. The van der Waals surface area contributed by atoms with Crippen LogP contribution in [0.25, 0.3) is 0 Å². The van der Waals surface area contributed by atoms with Crippen LogP contribution < -0.4 is 10.6 Å². The topological polar surface area (TPSA) is 79.8 Å². The van der Waals surface area contributed by atoms with E-state index in [0.29, 0.717) is 19.4 Å². The summed E-state index contributed by atoms with van der Waals surface area (Å²) in [4.78, 5) is 30.3. The molecular weight excluding hydrogens is 342 g/mol. The predicted molar refractivity (Wildman–Crippen MR) is 103 cm³/mol. The summed E-state index contributed by atoms with van der Waals surface area (Å²) < 4.78 is 0. The zero-order chi connectivity index (χ0) is 19.1. The van der Waals surface area contributed by atoms with Gasteiger partial charge in [0.1, 0.15) is 6.04 Å². The molecule has 0 unspecified atom stereocenters. The van der Waals surface area contributed by atoms with Crippen molar-refractivity contribution in [1.29, 1.82) is 0 Å². The Bertz CT molecular complexity index is 806. The molecule has 0 bridgehead atoms. The molecule has 0 aromatic heterocycles. The molecule has 2 aromatic rings. The highest BCUT2D eigenvalue weighted by atomic mass is 16.6. The van der Waals surface area contributed by atoms with E-state index in [1.54, 1.807) is 0 Å². The third kappa shape index (κ3) is 4.94. The summed E-state index contributed by atoms with van der Waals surface area (Å²) in [5.41, 5.74) is 2.63. The molecule has 0 spiro atoms. The second-order valence-corrected chi connectivity index (χ2v) is 6.35. The van der Waals surface area contributed by atoms with Crippen LogP contribution in [0, 0.1) is 0 Å². The molecule has 0 saturated carbocycles. The summed E-state index contributed by atoms with van der Waals surface area (Å²) in [6.45, 7) is 2.35. The van der Waals surface area contributed by atoms with Crippen molar-refractivity contribution in [2.75, 3.05) is 6.54 Å². The van der Waals surface area contributed by atoms with Gasteiger partial charge in [-0.1, -0.05) is 65.8 Å². The Morgan fingerprint density at radius 2 is 1.78 bits per heavy atom. The van der Waals surface area contributed by atoms with Crippen molar-refractivity contribution in [3.63, 3.8) is 0 Å². The lowest BCUT2D eigenvalue weighted by molar-refractivity contribution is -0.135. The van der Waals surface area contributed by atoms with Crippen LogP contribution in [0.15, 0.2) is 65.8 Å². The number of carbonyl (C=O) groups is 2. The van der Waals surface area contributed by atoms with Gasteiger partial charge >= 0.3 is 0 Å². The molecule has 1 heterocycles. The van der Waals surface area contributed by atoms with Gasteiger partial charge in [0, 0.05) is 19.4 Å². The number of nitrogens with one attached hydrogen (secondary N) is 2. The van der Waals surface area contributed by atoms with E-state index in [9.17, 15) is 9.59 Å². The number of likely N-dealkylation sites (N-methyl/N-ethyl adjacent to an activating group) is 1. The quantitative estimate of drug-likeness (QED) is 0.788. The lowest BCUT2D eigenvalue weighted by atomic mass is 10.0. The van der Waals surface area contributed by atoms with Crippen molar-refractivity contribution >= 4 is 17.5 Å². The Morgan fingerprint density at radius 3 is 2.44 bits per heavy atom. The van der Waals surface area contributed by atoms with Gasteiger partial charge in [0.05, 0.1) is 5.71 Å². The molecule has 0 aliphatic carbocycles. The molecule has 140 valence electrons. The highest BCUT2D eigenvalue weighted by Crippen LogP contribution is 2.17. The molecule has 27 heavy (non-hydrogen) atoms. The first-order chi connectivity index (χ1) is 13.2. The largest absolute Gasteiger partial charge is 0.382 e. The first-order valence-corrected chi connectivity index (χ1v) is 9.07. The maximum Gasteiger partial charge on any atom is 0.265 e. The minimum atomic E-state index is -0.729. The Labute approximate surface area is 158 Å². The van der Waals surface area contributed by atoms with E-state index in [2.05, 4.69) is 15.8 Å². The fourth-order valence-electron chi connectivity index (χ4n) is 2.94. The maximum atomic E-state index is 12.6. The summed E-state index contributed by atoms with van der Waals surface area (Å²) in [6.07, 6.45) is 0.0637. The Kier molecular flexibility index (Phi) is 6.20.